The summed E-state index contributed by atoms with van der Waals surface area (Å²) in [5.74, 6) is -0.170. The minimum atomic E-state index is -3.55. The van der Waals surface area contributed by atoms with E-state index in [1.807, 2.05) is 12.1 Å². The third-order valence-corrected chi connectivity index (χ3v) is 5.36. The van der Waals surface area contributed by atoms with Crippen LogP contribution in [0, 0.1) is 11.3 Å². The standard InChI is InChI=1S/C16H18N4O3S/c1-20-15(5-7-18-20)16-14(6-8-23-16)19-24(21,22)11-13-4-2-3-12(9-13)10-17/h2-5,7,9,14,16,19H,6,8,11H2,1H3/t14-,16-/m0/s1. The number of sulfonamides is 1. The molecule has 1 saturated heterocycles. The molecule has 126 valence electrons. The Hall–Kier alpha value is -2.21. The number of hydrogen-bond donors (Lipinski definition) is 1. The van der Waals surface area contributed by atoms with Crippen LogP contribution < -0.4 is 4.72 Å². The number of hydrogen-bond acceptors (Lipinski definition) is 5. The van der Waals surface area contributed by atoms with Crippen molar-refractivity contribution in [2.45, 2.75) is 24.3 Å². The predicted molar refractivity (Wildman–Crippen MR) is 87.2 cm³/mol. The van der Waals surface area contributed by atoms with Gasteiger partial charge in [-0.2, -0.15) is 10.4 Å². The van der Waals surface area contributed by atoms with E-state index in [0.717, 1.165) is 5.69 Å². The van der Waals surface area contributed by atoms with Gasteiger partial charge >= 0.3 is 0 Å². The lowest BCUT2D eigenvalue weighted by Gasteiger charge is -2.20. The average molecular weight is 346 g/mol. The molecule has 8 heteroatoms. The lowest BCUT2D eigenvalue weighted by atomic mass is 10.1. The molecule has 1 aliphatic heterocycles. The molecule has 3 rings (SSSR count). The Kier molecular flexibility index (Phi) is 4.66. The summed E-state index contributed by atoms with van der Waals surface area (Å²) in [6.07, 6.45) is 1.92. The van der Waals surface area contributed by atoms with Gasteiger partial charge in [-0.25, -0.2) is 13.1 Å². The van der Waals surface area contributed by atoms with Crippen LogP contribution in [0.3, 0.4) is 0 Å². The summed E-state index contributed by atoms with van der Waals surface area (Å²) in [7, 11) is -1.75. The highest BCUT2D eigenvalue weighted by Crippen LogP contribution is 2.29. The summed E-state index contributed by atoms with van der Waals surface area (Å²) in [5.41, 5.74) is 1.86. The van der Waals surface area contributed by atoms with Crippen molar-refractivity contribution < 1.29 is 13.2 Å². The fraction of sp³-hybridized carbons (Fsp3) is 0.375. The molecule has 1 aromatic heterocycles. The highest BCUT2D eigenvalue weighted by molar-refractivity contribution is 7.88. The Morgan fingerprint density at radius 2 is 2.29 bits per heavy atom. The van der Waals surface area contributed by atoms with Crippen molar-refractivity contribution >= 4 is 10.0 Å². The third kappa shape index (κ3) is 3.64. The number of rotatable bonds is 5. The topological polar surface area (TPSA) is 97.0 Å². The first-order valence-electron chi connectivity index (χ1n) is 7.57. The molecule has 1 aliphatic rings. The van der Waals surface area contributed by atoms with E-state index in [0.29, 0.717) is 24.2 Å². The molecule has 0 unspecified atom stereocenters. The van der Waals surface area contributed by atoms with Crippen LogP contribution in [0.15, 0.2) is 36.5 Å². The number of nitriles is 1. The molecule has 0 spiro atoms. The zero-order chi connectivity index (χ0) is 17.2. The highest BCUT2D eigenvalue weighted by Gasteiger charge is 2.34. The molecule has 1 N–H and O–H groups in total. The Balaban J connectivity index is 1.74. The quantitative estimate of drug-likeness (QED) is 0.878. The van der Waals surface area contributed by atoms with Crippen molar-refractivity contribution in [2.75, 3.05) is 6.61 Å². The second-order valence-electron chi connectivity index (χ2n) is 5.76. The summed E-state index contributed by atoms with van der Waals surface area (Å²) < 4.78 is 35.1. The van der Waals surface area contributed by atoms with Crippen LogP contribution in [-0.2, 0) is 27.6 Å². The van der Waals surface area contributed by atoms with Gasteiger partial charge in [0.25, 0.3) is 0 Å². The average Bonchev–Trinajstić information content (AvgIpc) is 3.15. The predicted octanol–water partition coefficient (Wildman–Crippen LogP) is 1.24. The Morgan fingerprint density at radius 1 is 1.46 bits per heavy atom. The molecular weight excluding hydrogens is 328 g/mol. The van der Waals surface area contributed by atoms with Gasteiger partial charge in [-0.1, -0.05) is 12.1 Å². The SMILES string of the molecule is Cn1nccc1[C@H]1OCC[C@@H]1NS(=O)(=O)Cc1cccc(C#N)c1. The van der Waals surface area contributed by atoms with E-state index in [1.165, 1.54) is 0 Å². The van der Waals surface area contributed by atoms with Gasteiger partial charge in [0, 0.05) is 19.9 Å². The first-order valence-corrected chi connectivity index (χ1v) is 9.22. The normalized spacial score (nSPS) is 20.8. The number of nitrogens with one attached hydrogen (secondary N) is 1. The van der Waals surface area contributed by atoms with E-state index in [1.54, 1.807) is 42.2 Å². The van der Waals surface area contributed by atoms with Crippen LogP contribution in [0.5, 0.6) is 0 Å². The maximum absolute atomic E-state index is 12.5. The minimum absolute atomic E-state index is 0.170. The molecule has 0 bridgehead atoms. The van der Waals surface area contributed by atoms with E-state index in [4.69, 9.17) is 10.00 Å². The molecule has 0 aliphatic carbocycles. The van der Waals surface area contributed by atoms with E-state index < -0.39 is 10.0 Å². The van der Waals surface area contributed by atoms with Crippen molar-refractivity contribution in [2.24, 2.45) is 7.05 Å². The molecule has 24 heavy (non-hydrogen) atoms. The van der Waals surface area contributed by atoms with Crippen molar-refractivity contribution in [3.05, 3.63) is 53.3 Å². The summed E-state index contributed by atoms with van der Waals surface area (Å²) >= 11 is 0. The molecule has 2 atom stereocenters. The zero-order valence-corrected chi connectivity index (χ0v) is 14.0. The maximum atomic E-state index is 12.5. The number of nitrogens with zero attached hydrogens (tertiary/aromatic N) is 3. The van der Waals surface area contributed by atoms with Crippen molar-refractivity contribution in [1.82, 2.24) is 14.5 Å². The third-order valence-electron chi connectivity index (χ3n) is 3.99. The fourth-order valence-electron chi connectivity index (χ4n) is 2.89. The van der Waals surface area contributed by atoms with Gasteiger partial charge < -0.3 is 4.74 Å². The second kappa shape index (κ2) is 6.73. The molecule has 1 aromatic carbocycles. The van der Waals surface area contributed by atoms with E-state index >= 15 is 0 Å². The fourth-order valence-corrected chi connectivity index (χ4v) is 4.29. The summed E-state index contributed by atoms with van der Waals surface area (Å²) in [6.45, 7) is 0.493. The second-order valence-corrected chi connectivity index (χ2v) is 7.51. The van der Waals surface area contributed by atoms with Gasteiger partial charge in [0.15, 0.2) is 0 Å². The summed E-state index contributed by atoms with van der Waals surface area (Å²) in [6, 6.07) is 10.1. The summed E-state index contributed by atoms with van der Waals surface area (Å²) in [5, 5.41) is 13.0. The largest absolute Gasteiger partial charge is 0.370 e. The molecule has 2 aromatic rings. The molecule has 7 nitrogen and oxygen atoms in total. The first kappa shape index (κ1) is 16.6. The minimum Gasteiger partial charge on any atom is -0.370 e. The lowest BCUT2D eigenvalue weighted by Crippen LogP contribution is -2.38. The van der Waals surface area contributed by atoms with E-state index in [-0.39, 0.29) is 17.9 Å². The maximum Gasteiger partial charge on any atom is 0.216 e. The van der Waals surface area contributed by atoms with E-state index in [9.17, 15) is 8.42 Å². The van der Waals surface area contributed by atoms with Gasteiger partial charge in [0.1, 0.15) is 6.10 Å². The van der Waals surface area contributed by atoms with Crippen LogP contribution in [0.25, 0.3) is 0 Å². The van der Waals surface area contributed by atoms with Crippen LogP contribution in [0.2, 0.25) is 0 Å². The Labute approximate surface area is 140 Å². The van der Waals surface area contributed by atoms with Crippen molar-refractivity contribution in [1.29, 1.82) is 5.26 Å². The number of aryl methyl sites for hydroxylation is 1. The molecule has 0 amide bonds. The van der Waals surface area contributed by atoms with Crippen LogP contribution in [-0.4, -0.2) is 30.8 Å². The Bertz CT molecular complexity index is 869. The molecule has 0 radical (unpaired) electrons. The van der Waals surface area contributed by atoms with Crippen LogP contribution in [0.1, 0.15) is 29.3 Å². The lowest BCUT2D eigenvalue weighted by molar-refractivity contribution is 0.0959. The molecular formula is C16H18N4O3S. The molecule has 0 saturated carbocycles. The number of ether oxygens (including phenoxy) is 1. The zero-order valence-electron chi connectivity index (χ0n) is 13.2. The van der Waals surface area contributed by atoms with Crippen molar-refractivity contribution in [3.8, 4) is 6.07 Å². The summed E-state index contributed by atoms with van der Waals surface area (Å²) in [4.78, 5) is 0. The van der Waals surface area contributed by atoms with E-state index in [2.05, 4.69) is 9.82 Å². The van der Waals surface area contributed by atoms with Crippen LogP contribution >= 0.6 is 0 Å². The monoisotopic (exact) mass is 346 g/mol. The first-order chi connectivity index (χ1) is 11.5. The van der Waals surface area contributed by atoms with Gasteiger partial charge in [0.2, 0.25) is 10.0 Å². The van der Waals surface area contributed by atoms with Gasteiger partial charge in [-0.05, 0) is 30.2 Å². The van der Waals surface area contributed by atoms with Gasteiger partial charge in [-0.15, -0.1) is 0 Å². The van der Waals surface area contributed by atoms with Gasteiger partial charge in [-0.3, -0.25) is 4.68 Å². The number of benzene rings is 1. The van der Waals surface area contributed by atoms with Crippen molar-refractivity contribution in [3.63, 3.8) is 0 Å². The Morgan fingerprint density at radius 3 is 3.00 bits per heavy atom. The molecule has 2 heterocycles. The number of aromatic nitrogens is 2. The highest BCUT2D eigenvalue weighted by atomic mass is 32.2. The molecule has 1 fully saturated rings. The van der Waals surface area contributed by atoms with Gasteiger partial charge in [0.05, 0.1) is 29.1 Å². The van der Waals surface area contributed by atoms with Crippen LogP contribution in [0.4, 0.5) is 0 Å². The smallest absolute Gasteiger partial charge is 0.216 e.